The highest BCUT2D eigenvalue weighted by Crippen LogP contribution is 2.14. The van der Waals surface area contributed by atoms with Gasteiger partial charge in [-0.25, -0.2) is 0 Å². The molecule has 0 heterocycles. The van der Waals surface area contributed by atoms with Gasteiger partial charge in [-0.2, -0.15) is 0 Å². The first-order valence-electron chi connectivity index (χ1n) is 7.34. The monoisotopic (exact) mass is 296 g/mol. The van der Waals surface area contributed by atoms with Crippen molar-refractivity contribution in [3.05, 3.63) is 28.3 Å². The normalized spacial score (nSPS) is 9.81. The van der Waals surface area contributed by atoms with Crippen molar-refractivity contribution >= 4 is 12.6 Å². The van der Waals surface area contributed by atoms with Crippen molar-refractivity contribution in [2.24, 2.45) is 0 Å². The van der Waals surface area contributed by atoms with E-state index < -0.39 is 7.12 Å². The molecule has 122 valence electrons. The highest BCUT2D eigenvalue weighted by atomic mass is 16.4. The van der Waals surface area contributed by atoms with Crippen molar-refractivity contribution in [3.63, 3.8) is 0 Å². The largest absolute Gasteiger partial charge is 0.889 e. The Morgan fingerprint density at radius 2 is 1.05 bits per heavy atom. The molecule has 0 saturated carbocycles. The Bertz CT molecular complexity index is 408. The molecular weight excluding hydrogens is 263 g/mol. The van der Waals surface area contributed by atoms with Crippen molar-refractivity contribution in [2.45, 2.75) is 27.7 Å². The molecule has 0 atom stereocenters. The molecule has 0 unspecified atom stereocenters. The van der Waals surface area contributed by atoms with Crippen LogP contribution < -0.4 is 25.3 Å². The molecule has 2 N–H and O–H groups in total. The number of hydrogen-bond acceptors (Lipinski definition) is 2. The third-order valence-corrected chi connectivity index (χ3v) is 2.78. The van der Waals surface area contributed by atoms with E-state index in [2.05, 4.69) is 42.3 Å². The van der Waals surface area contributed by atoms with E-state index in [-0.39, 0.29) is 0 Å². The predicted molar refractivity (Wildman–Crippen MR) is 88.2 cm³/mol. The topological polar surface area (TPSA) is 55.0 Å². The van der Waals surface area contributed by atoms with Crippen LogP contribution in [0.2, 0.25) is 0 Å². The van der Waals surface area contributed by atoms with Gasteiger partial charge in [0.2, 0.25) is 0 Å². The summed E-state index contributed by atoms with van der Waals surface area (Å²) in [6.07, 6.45) is 0. The van der Waals surface area contributed by atoms with E-state index >= 15 is 0 Å². The highest BCUT2D eigenvalue weighted by molar-refractivity contribution is 6.56. The molecule has 1 aromatic rings. The van der Waals surface area contributed by atoms with Crippen LogP contribution in [0, 0.1) is 27.7 Å². The molecular formula is C16H33BN2O2. The van der Waals surface area contributed by atoms with Gasteiger partial charge in [0.25, 0.3) is 0 Å². The molecule has 5 heteroatoms. The van der Waals surface area contributed by atoms with Crippen LogP contribution in [0.1, 0.15) is 22.3 Å². The summed E-state index contributed by atoms with van der Waals surface area (Å²) in [5.74, 6) is 0. The molecule has 0 saturated heterocycles. The first-order chi connectivity index (χ1) is 9.41. The fourth-order valence-corrected chi connectivity index (χ4v) is 1.49. The van der Waals surface area contributed by atoms with E-state index in [1.807, 2.05) is 27.7 Å². The molecule has 0 fully saturated rings. The maximum absolute atomic E-state index is 10.8. The van der Waals surface area contributed by atoms with Crippen LogP contribution in [0.4, 0.5) is 0 Å². The van der Waals surface area contributed by atoms with E-state index in [0.29, 0.717) is 5.46 Å². The maximum Gasteiger partial charge on any atom is 0.0661 e. The van der Waals surface area contributed by atoms with E-state index in [1.165, 1.54) is 15.4 Å². The number of hydrogen-bond donors (Lipinski definition) is 2. The summed E-state index contributed by atoms with van der Waals surface area (Å²) < 4.78 is 0. The van der Waals surface area contributed by atoms with E-state index in [1.54, 1.807) is 6.07 Å². The lowest BCUT2D eigenvalue weighted by Crippen LogP contribution is -3.02. The zero-order chi connectivity index (χ0) is 17.3. The van der Waals surface area contributed by atoms with E-state index in [4.69, 9.17) is 0 Å². The Kier molecular flexibility index (Phi) is 11.5. The molecule has 0 bridgehead atoms. The second kappa shape index (κ2) is 10.8. The minimum absolute atomic E-state index is 0.389. The lowest BCUT2D eigenvalue weighted by atomic mass is 9.74. The predicted octanol–water partition coefficient (Wildman–Crippen LogP) is -3.14. The average Bonchev–Trinajstić information content (AvgIpc) is 2.29. The third-order valence-electron chi connectivity index (χ3n) is 2.78. The Labute approximate surface area is 131 Å². The van der Waals surface area contributed by atoms with Crippen LogP contribution in [-0.2, 0) is 0 Å². The second-order valence-corrected chi connectivity index (χ2v) is 6.49. The Morgan fingerprint density at radius 3 is 1.33 bits per heavy atom. The van der Waals surface area contributed by atoms with Crippen LogP contribution in [0.15, 0.2) is 6.07 Å². The smallest absolute Gasteiger partial charge is 0.0661 e. The minimum Gasteiger partial charge on any atom is -0.889 e. The van der Waals surface area contributed by atoms with Gasteiger partial charge < -0.3 is 19.8 Å². The summed E-state index contributed by atoms with van der Waals surface area (Å²) in [7, 11) is 10.6. The Hall–Kier alpha value is -0.875. The number of rotatable bonds is 1. The first kappa shape index (κ1) is 22.4. The van der Waals surface area contributed by atoms with Crippen LogP contribution in [0.25, 0.3) is 0 Å². The molecule has 0 amide bonds. The summed E-state index contributed by atoms with van der Waals surface area (Å²) in [5, 5.41) is 21.6. The van der Waals surface area contributed by atoms with Gasteiger partial charge in [-0.05, 0) is 44.4 Å². The molecule has 0 aliphatic rings. The van der Waals surface area contributed by atoms with Gasteiger partial charge in [0.05, 0.1) is 42.3 Å². The maximum atomic E-state index is 10.8. The zero-order valence-corrected chi connectivity index (χ0v) is 15.5. The van der Waals surface area contributed by atoms with Gasteiger partial charge in [-0.3, -0.25) is 0 Å². The fraction of sp³-hybridized carbons (Fsp3) is 0.625. The van der Waals surface area contributed by atoms with Crippen molar-refractivity contribution < 1.29 is 19.8 Å². The summed E-state index contributed by atoms with van der Waals surface area (Å²) in [5.41, 5.74) is 4.49. The first-order valence-corrected chi connectivity index (χ1v) is 7.34. The van der Waals surface area contributed by atoms with Crippen LogP contribution in [0.3, 0.4) is 0 Å². The molecule has 1 rings (SSSR count). The van der Waals surface area contributed by atoms with Crippen molar-refractivity contribution in [1.82, 2.24) is 0 Å². The van der Waals surface area contributed by atoms with Gasteiger partial charge >= 0.3 is 0 Å². The van der Waals surface area contributed by atoms with Crippen molar-refractivity contribution in [1.29, 1.82) is 0 Å². The van der Waals surface area contributed by atoms with Crippen LogP contribution in [0.5, 0.6) is 0 Å². The zero-order valence-electron chi connectivity index (χ0n) is 15.5. The molecule has 4 nitrogen and oxygen atoms in total. The van der Waals surface area contributed by atoms with E-state index in [9.17, 15) is 10.0 Å². The summed E-state index contributed by atoms with van der Waals surface area (Å²) >= 11 is 0. The summed E-state index contributed by atoms with van der Waals surface area (Å²) in [6, 6.07) is 1.71. The average molecular weight is 296 g/mol. The second-order valence-electron chi connectivity index (χ2n) is 6.49. The molecule has 0 aromatic heterocycles. The number of aryl methyl sites for hydroxylation is 1. The number of benzene rings is 1. The van der Waals surface area contributed by atoms with E-state index in [0.717, 1.165) is 16.7 Å². The molecule has 0 radical (unpaired) electrons. The summed E-state index contributed by atoms with van der Waals surface area (Å²) in [4.78, 5) is 2.83. The minimum atomic E-state index is -1.86. The summed E-state index contributed by atoms with van der Waals surface area (Å²) in [6.45, 7) is 7.71. The van der Waals surface area contributed by atoms with Gasteiger partial charge in [0, 0.05) is 0 Å². The van der Waals surface area contributed by atoms with Gasteiger partial charge in [0.15, 0.2) is 0 Å². The number of nitrogens with one attached hydrogen (secondary N) is 2. The Balaban J connectivity index is 0. The standard InChI is InChI=1S/C10H13BO2.2C3H9N/c1-6-5-10(11(12)13)9(4)8(3)7(6)2;2*1-4(2)3/h5H,1-4H3;2*1-3H3/q-2;;/p+2. The highest BCUT2D eigenvalue weighted by Gasteiger charge is 2.04. The van der Waals surface area contributed by atoms with Crippen LogP contribution >= 0.6 is 0 Å². The molecule has 1 aromatic carbocycles. The quantitative estimate of drug-likeness (QED) is 0.538. The molecule has 0 spiro atoms. The number of quaternary nitrogens is 2. The van der Waals surface area contributed by atoms with Gasteiger partial charge in [0.1, 0.15) is 0 Å². The van der Waals surface area contributed by atoms with Crippen molar-refractivity contribution in [2.75, 3.05) is 42.3 Å². The SMILES string of the molecule is C[NH+](C)C.C[NH+](C)C.Cc1cc(B([O-])[O-])c(C)c(C)c1C. The lowest BCUT2D eigenvalue weighted by molar-refractivity contribution is -0.836. The molecule has 0 aliphatic heterocycles. The lowest BCUT2D eigenvalue weighted by Gasteiger charge is -2.31. The Morgan fingerprint density at radius 1 is 0.714 bits per heavy atom. The van der Waals surface area contributed by atoms with Crippen molar-refractivity contribution in [3.8, 4) is 0 Å². The fourth-order valence-electron chi connectivity index (χ4n) is 1.49. The van der Waals surface area contributed by atoms with Crippen LogP contribution in [-0.4, -0.2) is 49.4 Å². The third kappa shape index (κ3) is 10.5. The molecule has 0 aliphatic carbocycles. The van der Waals surface area contributed by atoms with Gasteiger partial charge in [-0.15, -0.1) is 5.46 Å². The molecule has 21 heavy (non-hydrogen) atoms. The van der Waals surface area contributed by atoms with Gasteiger partial charge in [-0.1, -0.05) is 18.7 Å².